The molecule has 0 fully saturated rings. The summed E-state index contributed by atoms with van der Waals surface area (Å²) < 4.78 is 12.1. The lowest BCUT2D eigenvalue weighted by Gasteiger charge is -2.15. The smallest absolute Gasteiger partial charge is 0.616 e. The third-order valence-electron chi connectivity index (χ3n) is 4.38. The maximum absolute atomic E-state index is 6.04. The molecular formula is C22H30AlO2. The molecule has 133 valence electrons. The molecule has 0 aliphatic rings. The Morgan fingerprint density at radius 3 is 1.56 bits per heavy atom. The molecule has 0 amide bonds. The van der Waals surface area contributed by atoms with Gasteiger partial charge in [0.1, 0.15) is 0 Å². The molecule has 0 saturated carbocycles. The SMILES string of the molecule is CCCCc1cc(C)ccc1[O][Al][O]c1ccc(C)cc1CCCC. The minimum absolute atomic E-state index is 0.558. The Balaban J connectivity index is 2.01. The highest BCUT2D eigenvalue weighted by Gasteiger charge is 2.12. The van der Waals surface area contributed by atoms with Gasteiger partial charge in [0.05, 0.1) is 11.5 Å². The summed E-state index contributed by atoms with van der Waals surface area (Å²) in [5, 5.41) is 0. The van der Waals surface area contributed by atoms with E-state index in [0.717, 1.165) is 24.3 Å². The van der Waals surface area contributed by atoms with Crippen molar-refractivity contribution in [3.05, 3.63) is 58.7 Å². The largest absolute Gasteiger partial charge is 0.881 e. The molecule has 1 radical (unpaired) electrons. The van der Waals surface area contributed by atoms with E-state index in [0.29, 0.717) is 0 Å². The van der Waals surface area contributed by atoms with Crippen LogP contribution >= 0.6 is 0 Å². The molecule has 2 aromatic rings. The molecule has 25 heavy (non-hydrogen) atoms. The number of rotatable bonds is 10. The van der Waals surface area contributed by atoms with Gasteiger partial charge in [0.2, 0.25) is 0 Å². The van der Waals surface area contributed by atoms with E-state index in [1.165, 1.54) is 47.9 Å². The second-order valence-electron chi connectivity index (χ2n) is 6.76. The van der Waals surface area contributed by atoms with Gasteiger partial charge in [0.25, 0.3) is 0 Å². The second kappa shape index (κ2) is 10.5. The van der Waals surface area contributed by atoms with E-state index in [9.17, 15) is 0 Å². The van der Waals surface area contributed by atoms with Gasteiger partial charge in [-0.25, -0.2) is 0 Å². The zero-order valence-corrected chi connectivity index (χ0v) is 17.3. The number of benzene rings is 2. The van der Waals surface area contributed by atoms with Crippen LogP contribution in [-0.2, 0) is 12.8 Å². The van der Waals surface area contributed by atoms with Crippen molar-refractivity contribution >= 4 is 15.9 Å². The van der Waals surface area contributed by atoms with Crippen molar-refractivity contribution in [3.8, 4) is 11.5 Å². The van der Waals surface area contributed by atoms with E-state index in [4.69, 9.17) is 7.58 Å². The topological polar surface area (TPSA) is 18.5 Å². The van der Waals surface area contributed by atoms with Gasteiger partial charge in [0.15, 0.2) is 0 Å². The van der Waals surface area contributed by atoms with Crippen LogP contribution in [0, 0.1) is 13.8 Å². The van der Waals surface area contributed by atoms with E-state index in [1.807, 2.05) is 0 Å². The molecule has 2 rings (SSSR count). The van der Waals surface area contributed by atoms with E-state index < -0.39 is 15.9 Å². The van der Waals surface area contributed by atoms with Crippen LogP contribution < -0.4 is 7.58 Å². The second-order valence-corrected chi connectivity index (χ2v) is 7.43. The standard InChI is InChI=1S/2C11H16O.Al/c2*1-3-4-5-10-8-9(2)6-7-11(10)12;/h2*6-8,12H,3-5H2,1-2H3;/q;;+2/p-2. The number of hydrogen-bond acceptors (Lipinski definition) is 2. The van der Waals surface area contributed by atoms with Crippen LogP contribution in [0.15, 0.2) is 36.4 Å². The zero-order valence-electron chi connectivity index (χ0n) is 16.1. The molecular weight excluding hydrogens is 323 g/mol. The third-order valence-corrected chi connectivity index (χ3v) is 5.08. The van der Waals surface area contributed by atoms with Crippen LogP contribution in [0.25, 0.3) is 0 Å². The van der Waals surface area contributed by atoms with Gasteiger partial charge in [-0.3, -0.25) is 0 Å². The molecule has 0 saturated heterocycles. The Hall–Kier alpha value is -1.43. The van der Waals surface area contributed by atoms with E-state index >= 15 is 0 Å². The van der Waals surface area contributed by atoms with Gasteiger partial charge in [-0.15, -0.1) is 0 Å². The van der Waals surface area contributed by atoms with Crippen molar-refractivity contribution in [3.63, 3.8) is 0 Å². The highest BCUT2D eigenvalue weighted by molar-refractivity contribution is 6.20. The summed E-state index contributed by atoms with van der Waals surface area (Å²) in [4.78, 5) is 0. The monoisotopic (exact) mass is 353 g/mol. The molecule has 3 heteroatoms. The highest BCUT2D eigenvalue weighted by Crippen LogP contribution is 2.24. The Morgan fingerprint density at radius 1 is 0.720 bits per heavy atom. The first kappa shape index (κ1) is 19.9. The number of aryl methyl sites for hydroxylation is 4. The predicted octanol–water partition coefficient (Wildman–Crippen LogP) is 5.98. The van der Waals surface area contributed by atoms with E-state index in [2.05, 4.69) is 64.1 Å². The summed E-state index contributed by atoms with van der Waals surface area (Å²) in [6, 6.07) is 12.9. The Morgan fingerprint density at radius 2 is 1.16 bits per heavy atom. The zero-order chi connectivity index (χ0) is 18.1. The molecule has 2 nitrogen and oxygen atoms in total. The number of hydrogen-bond donors (Lipinski definition) is 0. The van der Waals surface area contributed by atoms with Gasteiger partial charge in [-0.05, 0) is 62.8 Å². The lowest BCUT2D eigenvalue weighted by Crippen LogP contribution is -2.13. The van der Waals surface area contributed by atoms with Gasteiger partial charge in [-0.2, -0.15) is 0 Å². The molecule has 0 bridgehead atoms. The molecule has 0 N–H and O–H groups in total. The summed E-state index contributed by atoms with van der Waals surface area (Å²) in [6.45, 7) is 8.71. The summed E-state index contributed by atoms with van der Waals surface area (Å²) in [5.74, 6) is 1.97. The average Bonchev–Trinajstić information content (AvgIpc) is 2.61. The Bertz CT molecular complexity index is 610. The van der Waals surface area contributed by atoms with Crippen LogP contribution in [0.5, 0.6) is 11.5 Å². The summed E-state index contributed by atoms with van der Waals surface area (Å²) >= 11 is -0.558. The predicted molar refractivity (Wildman–Crippen MR) is 107 cm³/mol. The van der Waals surface area contributed by atoms with Gasteiger partial charge in [-0.1, -0.05) is 62.1 Å². The average molecular weight is 353 g/mol. The molecule has 0 aliphatic heterocycles. The van der Waals surface area contributed by atoms with Crippen LogP contribution in [0.3, 0.4) is 0 Å². The van der Waals surface area contributed by atoms with Gasteiger partial charge in [0, 0.05) is 0 Å². The van der Waals surface area contributed by atoms with Crippen molar-refractivity contribution in [2.24, 2.45) is 0 Å². The Labute approximate surface area is 159 Å². The van der Waals surface area contributed by atoms with Crippen LogP contribution in [-0.4, -0.2) is 15.9 Å². The maximum atomic E-state index is 6.04. The fourth-order valence-corrected chi connectivity index (χ4v) is 3.61. The maximum Gasteiger partial charge on any atom is 0.881 e. The molecule has 0 atom stereocenters. The molecule has 0 heterocycles. The van der Waals surface area contributed by atoms with E-state index in [-0.39, 0.29) is 0 Å². The van der Waals surface area contributed by atoms with Crippen molar-refractivity contribution < 1.29 is 7.58 Å². The fourth-order valence-electron chi connectivity index (χ4n) is 2.90. The van der Waals surface area contributed by atoms with Crippen molar-refractivity contribution in [1.29, 1.82) is 0 Å². The highest BCUT2D eigenvalue weighted by atomic mass is 27.2. The summed E-state index contributed by atoms with van der Waals surface area (Å²) in [5.41, 5.74) is 5.17. The van der Waals surface area contributed by atoms with Gasteiger partial charge >= 0.3 is 15.9 Å². The minimum Gasteiger partial charge on any atom is -0.616 e. The lowest BCUT2D eigenvalue weighted by atomic mass is 10.1. The van der Waals surface area contributed by atoms with Crippen LogP contribution in [0.2, 0.25) is 0 Å². The minimum atomic E-state index is -0.558. The van der Waals surface area contributed by atoms with Crippen molar-refractivity contribution in [2.75, 3.05) is 0 Å². The first-order valence-corrected chi connectivity index (χ1v) is 10.4. The quantitative estimate of drug-likeness (QED) is 0.489. The first-order valence-electron chi connectivity index (χ1n) is 9.48. The third kappa shape index (κ3) is 6.42. The fraction of sp³-hybridized carbons (Fsp3) is 0.455. The molecule has 0 unspecified atom stereocenters. The van der Waals surface area contributed by atoms with Crippen molar-refractivity contribution in [1.82, 2.24) is 0 Å². The Kier molecular flexibility index (Phi) is 8.38. The number of unbranched alkanes of at least 4 members (excludes halogenated alkanes) is 2. The van der Waals surface area contributed by atoms with Crippen LogP contribution in [0.1, 0.15) is 61.8 Å². The summed E-state index contributed by atoms with van der Waals surface area (Å²) in [6.07, 6.45) is 6.91. The molecule has 0 aliphatic carbocycles. The lowest BCUT2D eigenvalue weighted by molar-refractivity contribution is 0.451. The normalized spacial score (nSPS) is 10.6. The van der Waals surface area contributed by atoms with E-state index in [1.54, 1.807) is 0 Å². The molecule has 0 spiro atoms. The molecule has 0 aromatic heterocycles. The molecule has 2 aromatic carbocycles. The van der Waals surface area contributed by atoms with Gasteiger partial charge < -0.3 is 7.58 Å². The summed E-state index contributed by atoms with van der Waals surface area (Å²) in [7, 11) is 0. The van der Waals surface area contributed by atoms with Crippen LogP contribution in [0.4, 0.5) is 0 Å². The first-order chi connectivity index (χ1) is 12.1. The van der Waals surface area contributed by atoms with Crippen molar-refractivity contribution in [2.45, 2.75) is 66.2 Å².